The van der Waals surface area contributed by atoms with Crippen LogP contribution in [0.4, 0.5) is 0 Å². The lowest BCUT2D eigenvalue weighted by Gasteiger charge is -2.36. The van der Waals surface area contributed by atoms with E-state index in [9.17, 15) is 4.79 Å². The van der Waals surface area contributed by atoms with Crippen molar-refractivity contribution in [2.75, 3.05) is 19.6 Å². The molecular formula is C12H25N3O. The molecule has 1 unspecified atom stereocenters. The highest BCUT2D eigenvalue weighted by Crippen LogP contribution is 2.14. The van der Waals surface area contributed by atoms with E-state index >= 15 is 0 Å². The van der Waals surface area contributed by atoms with E-state index in [1.165, 1.54) is 6.42 Å². The Bertz CT molecular complexity index is 212. The quantitative estimate of drug-likeness (QED) is 0.703. The average molecular weight is 227 g/mol. The number of likely N-dealkylation sites (tertiary alicyclic amines) is 1. The van der Waals surface area contributed by atoms with Crippen molar-refractivity contribution in [3.63, 3.8) is 0 Å². The summed E-state index contributed by atoms with van der Waals surface area (Å²) in [5.41, 5.74) is 5.40. The van der Waals surface area contributed by atoms with Crippen LogP contribution in [0.15, 0.2) is 0 Å². The van der Waals surface area contributed by atoms with Gasteiger partial charge in [0.2, 0.25) is 5.91 Å². The van der Waals surface area contributed by atoms with E-state index in [4.69, 9.17) is 5.73 Å². The maximum atomic E-state index is 11.2. The maximum absolute atomic E-state index is 11.2. The number of nitrogens with zero attached hydrogens (tertiary/aromatic N) is 1. The predicted octanol–water partition coefficient (Wildman–Crippen LogP) is 0.714. The van der Waals surface area contributed by atoms with Gasteiger partial charge >= 0.3 is 0 Å². The van der Waals surface area contributed by atoms with Crippen molar-refractivity contribution < 1.29 is 4.79 Å². The minimum Gasteiger partial charge on any atom is -0.368 e. The third-order valence-electron chi connectivity index (χ3n) is 3.37. The fourth-order valence-electron chi connectivity index (χ4n) is 2.40. The molecule has 94 valence electrons. The SMILES string of the molecule is CCCNC1CCN(C(CC)C(N)=O)CC1. The van der Waals surface area contributed by atoms with E-state index in [-0.39, 0.29) is 11.9 Å². The Kier molecular flexibility index (Phi) is 5.77. The number of nitrogens with one attached hydrogen (secondary N) is 1. The summed E-state index contributed by atoms with van der Waals surface area (Å²) in [5, 5.41) is 3.54. The van der Waals surface area contributed by atoms with Crippen LogP contribution in [-0.4, -0.2) is 42.5 Å². The average Bonchev–Trinajstić information content (AvgIpc) is 2.28. The minimum absolute atomic E-state index is 0.0628. The maximum Gasteiger partial charge on any atom is 0.234 e. The molecular weight excluding hydrogens is 202 g/mol. The molecule has 0 aromatic carbocycles. The van der Waals surface area contributed by atoms with Crippen molar-refractivity contribution in [2.24, 2.45) is 5.73 Å². The van der Waals surface area contributed by atoms with Crippen LogP contribution in [0.5, 0.6) is 0 Å². The Labute approximate surface area is 98.6 Å². The molecule has 4 heteroatoms. The number of amides is 1. The minimum atomic E-state index is -0.178. The van der Waals surface area contributed by atoms with Crippen molar-refractivity contribution in [1.82, 2.24) is 10.2 Å². The van der Waals surface area contributed by atoms with Crippen LogP contribution < -0.4 is 11.1 Å². The number of hydrogen-bond acceptors (Lipinski definition) is 3. The molecule has 0 spiro atoms. The molecule has 1 heterocycles. The van der Waals surface area contributed by atoms with Crippen LogP contribution in [0, 0.1) is 0 Å². The Morgan fingerprint density at radius 1 is 1.44 bits per heavy atom. The molecule has 1 rings (SSSR count). The fraction of sp³-hybridized carbons (Fsp3) is 0.917. The summed E-state index contributed by atoms with van der Waals surface area (Å²) in [4.78, 5) is 13.5. The van der Waals surface area contributed by atoms with Gasteiger partial charge in [0, 0.05) is 19.1 Å². The lowest BCUT2D eigenvalue weighted by molar-refractivity contribution is -0.123. The molecule has 1 fully saturated rings. The number of rotatable bonds is 6. The second-order valence-corrected chi connectivity index (χ2v) is 4.59. The highest BCUT2D eigenvalue weighted by Gasteiger charge is 2.26. The topological polar surface area (TPSA) is 58.4 Å². The number of nitrogens with two attached hydrogens (primary N) is 1. The highest BCUT2D eigenvalue weighted by molar-refractivity contribution is 5.79. The summed E-state index contributed by atoms with van der Waals surface area (Å²) in [5.74, 6) is -0.178. The zero-order valence-corrected chi connectivity index (χ0v) is 10.5. The van der Waals surface area contributed by atoms with Gasteiger partial charge in [-0.15, -0.1) is 0 Å². The van der Waals surface area contributed by atoms with Gasteiger partial charge in [-0.3, -0.25) is 9.69 Å². The summed E-state index contributed by atoms with van der Waals surface area (Å²) >= 11 is 0. The summed E-state index contributed by atoms with van der Waals surface area (Å²) in [6.07, 6.45) is 4.26. The predicted molar refractivity (Wildman–Crippen MR) is 66.2 cm³/mol. The largest absolute Gasteiger partial charge is 0.368 e. The van der Waals surface area contributed by atoms with E-state index in [1.54, 1.807) is 0 Å². The molecule has 0 radical (unpaired) electrons. The summed E-state index contributed by atoms with van der Waals surface area (Å²) in [6, 6.07) is 0.564. The molecule has 1 aliphatic rings. The lowest BCUT2D eigenvalue weighted by atomic mass is 10.0. The monoisotopic (exact) mass is 227 g/mol. The summed E-state index contributed by atoms with van der Waals surface area (Å²) < 4.78 is 0. The zero-order chi connectivity index (χ0) is 12.0. The summed E-state index contributed by atoms with van der Waals surface area (Å²) in [6.45, 7) is 7.28. The van der Waals surface area contributed by atoms with Crippen molar-refractivity contribution >= 4 is 5.91 Å². The number of hydrogen-bond donors (Lipinski definition) is 2. The second-order valence-electron chi connectivity index (χ2n) is 4.59. The van der Waals surface area contributed by atoms with Crippen LogP contribution >= 0.6 is 0 Å². The molecule has 0 aromatic rings. The number of carbonyl (C=O) groups is 1. The molecule has 0 aliphatic carbocycles. The summed E-state index contributed by atoms with van der Waals surface area (Å²) in [7, 11) is 0. The molecule has 0 bridgehead atoms. The Hall–Kier alpha value is -0.610. The molecule has 0 aromatic heterocycles. The van der Waals surface area contributed by atoms with Gasteiger partial charge in [-0.05, 0) is 32.2 Å². The van der Waals surface area contributed by atoms with Crippen molar-refractivity contribution in [2.45, 2.75) is 51.6 Å². The van der Waals surface area contributed by atoms with Gasteiger partial charge in [0.15, 0.2) is 0 Å². The third kappa shape index (κ3) is 3.76. The highest BCUT2D eigenvalue weighted by atomic mass is 16.1. The third-order valence-corrected chi connectivity index (χ3v) is 3.37. The first-order valence-corrected chi connectivity index (χ1v) is 6.45. The van der Waals surface area contributed by atoms with E-state index in [1.807, 2.05) is 6.92 Å². The van der Waals surface area contributed by atoms with E-state index in [0.717, 1.165) is 38.9 Å². The van der Waals surface area contributed by atoms with Crippen LogP contribution in [0.3, 0.4) is 0 Å². The molecule has 16 heavy (non-hydrogen) atoms. The molecule has 4 nitrogen and oxygen atoms in total. The van der Waals surface area contributed by atoms with Crippen molar-refractivity contribution in [1.29, 1.82) is 0 Å². The first-order chi connectivity index (χ1) is 7.69. The Morgan fingerprint density at radius 2 is 2.06 bits per heavy atom. The van der Waals surface area contributed by atoms with Crippen LogP contribution in [0.25, 0.3) is 0 Å². The zero-order valence-electron chi connectivity index (χ0n) is 10.5. The number of primary amides is 1. The van der Waals surface area contributed by atoms with E-state index in [0.29, 0.717) is 6.04 Å². The van der Waals surface area contributed by atoms with Crippen LogP contribution in [0.2, 0.25) is 0 Å². The molecule has 0 saturated carbocycles. The van der Waals surface area contributed by atoms with Gasteiger partial charge in [0.1, 0.15) is 0 Å². The van der Waals surface area contributed by atoms with Crippen LogP contribution in [-0.2, 0) is 4.79 Å². The Balaban J connectivity index is 2.33. The normalized spacial score (nSPS) is 20.9. The van der Waals surface area contributed by atoms with Crippen molar-refractivity contribution in [3.05, 3.63) is 0 Å². The smallest absolute Gasteiger partial charge is 0.234 e. The number of piperidine rings is 1. The van der Waals surface area contributed by atoms with Crippen molar-refractivity contribution in [3.8, 4) is 0 Å². The molecule has 1 atom stereocenters. The first kappa shape index (κ1) is 13.5. The van der Waals surface area contributed by atoms with Gasteiger partial charge in [-0.25, -0.2) is 0 Å². The number of carbonyl (C=O) groups excluding carboxylic acids is 1. The van der Waals surface area contributed by atoms with Gasteiger partial charge in [0.25, 0.3) is 0 Å². The van der Waals surface area contributed by atoms with E-state index < -0.39 is 0 Å². The van der Waals surface area contributed by atoms with Crippen LogP contribution in [0.1, 0.15) is 39.5 Å². The molecule has 1 amide bonds. The fourth-order valence-corrected chi connectivity index (χ4v) is 2.40. The molecule has 1 aliphatic heterocycles. The second kappa shape index (κ2) is 6.86. The standard InChI is InChI=1S/C12H25N3O/c1-3-7-14-10-5-8-15(9-6-10)11(4-2)12(13)16/h10-11,14H,3-9H2,1-2H3,(H2,13,16). The van der Waals surface area contributed by atoms with Gasteiger partial charge < -0.3 is 11.1 Å². The van der Waals surface area contributed by atoms with Gasteiger partial charge in [-0.1, -0.05) is 13.8 Å². The molecule has 1 saturated heterocycles. The lowest BCUT2D eigenvalue weighted by Crippen LogP contribution is -2.51. The van der Waals surface area contributed by atoms with Gasteiger partial charge in [-0.2, -0.15) is 0 Å². The first-order valence-electron chi connectivity index (χ1n) is 6.45. The van der Waals surface area contributed by atoms with E-state index in [2.05, 4.69) is 17.1 Å². The molecule has 3 N–H and O–H groups in total. The Morgan fingerprint density at radius 3 is 2.50 bits per heavy atom. The van der Waals surface area contributed by atoms with Gasteiger partial charge in [0.05, 0.1) is 6.04 Å².